The highest BCUT2D eigenvalue weighted by atomic mass is 19.1. The highest BCUT2D eigenvalue weighted by Gasteiger charge is 2.16. The zero-order valence-corrected chi connectivity index (χ0v) is 13.4. The molecule has 21 heavy (non-hydrogen) atoms. The molecule has 3 nitrogen and oxygen atoms in total. The normalized spacial score (nSPS) is 17.4. The lowest BCUT2D eigenvalue weighted by Gasteiger charge is -2.25. The van der Waals surface area contributed by atoms with E-state index in [2.05, 4.69) is 23.8 Å². The summed E-state index contributed by atoms with van der Waals surface area (Å²) in [5.74, 6) is 0.674. The van der Waals surface area contributed by atoms with Crippen LogP contribution in [0, 0.1) is 11.7 Å². The SMILES string of the molecule is COc1cc(CN(C)CC(C)CN2CCCC2)ccc1F. The Hall–Kier alpha value is -1.13. The number of ether oxygens (including phenoxy) is 1. The molecule has 0 spiro atoms. The van der Waals surface area contributed by atoms with Gasteiger partial charge in [-0.05, 0) is 56.6 Å². The van der Waals surface area contributed by atoms with Crippen LogP contribution in [0.5, 0.6) is 5.75 Å². The molecule has 1 aromatic rings. The summed E-state index contributed by atoms with van der Waals surface area (Å²) in [5, 5.41) is 0. The molecule has 1 fully saturated rings. The van der Waals surface area contributed by atoms with Crippen molar-refractivity contribution in [1.29, 1.82) is 0 Å². The van der Waals surface area contributed by atoms with Gasteiger partial charge in [0, 0.05) is 19.6 Å². The molecule has 0 saturated carbocycles. The van der Waals surface area contributed by atoms with Crippen LogP contribution in [0.4, 0.5) is 4.39 Å². The van der Waals surface area contributed by atoms with E-state index in [-0.39, 0.29) is 5.82 Å². The molecule has 0 aliphatic carbocycles. The van der Waals surface area contributed by atoms with Crippen LogP contribution in [-0.4, -0.2) is 50.1 Å². The van der Waals surface area contributed by atoms with Gasteiger partial charge in [0.2, 0.25) is 0 Å². The van der Waals surface area contributed by atoms with E-state index in [1.54, 1.807) is 6.07 Å². The van der Waals surface area contributed by atoms with E-state index in [1.165, 1.54) is 45.7 Å². The molecule has 2 rings (SSSR count). The Bertz CT molecular complexity index is 446. The third-order valence-electron chi connectivity index (χ3n) is 4.06. The first-order valence-corrected chi connectivity index (χ1v) is 7.82. The highest BCUT2D eigenvalue weighted by Crippen LogP contribution is 2.19. The number of methoxy groups -OCH3 is 1. The maximum absolute atomic E-state index is 13.4. The van der Waals surface area contributed by atoms with E-state index in [1.807, 2.05) is 6.07 Å². The van der Waals surface area contributed by atoms with Crippen LogP contribution in [0.25, 0.3) is 0 Å². The second-order valence-electron chi connectivity index (χ2n) is 6.28. The van der Waals surface area contributed by atoms with Crippen molar-refractivity contribution in [3.8, 4) is 5.75 Å². The van der Waals surface area contributed by atoms with E-state index >= 15 is 0 Å². The van der Waals surface area contributed by atoms with Crippen LogP contribution in [0.3, 0.4) is 0 Å². The van der Waals surface area contributed by atoms with Crippen molar-refractivity contribution in [1.82, 2.24) is 9.80 Å². The summed E-state index contributed by atoms with van der Waals surface area (Å²) in [7, 11) is 3.63. The van der Waals surface area contributed by atoms with E-state index in [0.29, 0.717) is 11.7 Å². The van der Waals surface area contributed by atoms with Gasteiger partial charge in [-0.15, -0.1) is 0 Å². The molecule has 0 amide bonds. The quantitative estimate of drug-likeness (QED) is 0.769. The molecule has 1 atom stereocenters. The van der Waals surface area contributed by atoms with Crippen LogP contribution < -0.4 is 4.74 Å². The highest BCUT2D eigenvalue weighted by molar-refractivity contribution is 5.30. The number of nitrogens with zero attached hydrogens (tertiary/aromatic N) is 2. The van der Waals surface area contributed by atoms with Crippen LogP contribution in [0.2, 0.25) is 0 Å². The second-order valence-corrected chi connectivity index (χ2v) is 6.28. The maximum atomic E-state index is 13.4. The number of benzene rings is 1. The number of hydrogen-bond acceptors (Lipinski definition) is 3. The first-order chi connectivity index (χ1) is 10.1. The minimum absolute atomic E-state index is 0.300. The average Bonchev–Trinajstić information content (AvgIpc) is 2.93. The molecule has 0 N–H and O–H groups in total. The number of rotatable bonds is 7. The number of halogens is 1. The van der Waals surface area contributed by atoms with Gasteiger partial charge in [0.1, 0.15) is 0 Å². The number of likely N-dealkylation sites (tertiary alicyclic amines) is 1. The fraction of sp³-hybridized carbons (Fsp3) is 0.647. The van der Waals surface area contributed by atoms with Crippen molar-refractivity contribution in [3.63, 3.8) is 0 Å². The van der Waals surface area contributed by atoms with Crippen LogP contribution in [0.15, 0.2) is 18.2 Å². The molecule has 1 saturated heterocycles. The van der Waals surface area contributed by atoms with Crippen LogP contribution in [-0.2, 0) is 6.54 Å². The molecule has 1 heterocycles. The van der Waals surface area contributed by atoms with Gasteiger partial charge in [0.25, 0.3) is 0 Å². The summed E-state index contributed by atoms with van der Waals surface area (Å²) in [6.45, 7) is 7.86. The molecular formula is C17H27FN2O. The van der Waals surface area contributed by atoms with E-state index in [0.717, 1.165) is 18.7 Å². The van der Waals surface area contributed by atoms with Gasteiger partial charge in [0.15, 0.2) is 11.6 Å². The molecule has 1 aromatic carbocycles. The lowest BCUT2D eigenvalue weighted by molar-refractivity contribution is 0.221. The largest absolute Gasteiger partial charge is 0.494 e. The Morgan fingerprint density at radius 1 is 1.33 bits per heavy atom. The molecule has 1 aliphatic heterocycles. The summed E-state index contributed by atoms with van der Waals surface area (Å²) in [5.41, 5.74) is 1.09. The lowest BCUT2D eigenvalue weighted by atomic mass is 10.1. The van der Waals surface area contributed by atoms with Gasteiger partial charge in [-0.25, -0.2) is 4.39 Å². The van der Waals surface area contributed by atoms with Gasteiger partial charge in [0.05, 0.1) is 7.11 Å². The smallest absolute Gasteiger partial charge is 0.165 e. The van der Waals surface area contributed by atoms with Gasteiger partial charge in [-0.1, -0.05) is 13.0 Å². The first-order valence-electron chi connectivity index (χ1n) is 7.82. The first kappa shape index (κ1) is 16.2. The van der Waals surface area contributed by atoms with Gasteiger partial charge in [-0.2, -0.15) is 0 Å². The summed E-state index contributed by atoms with van der Waals surface area (Å²) < 4.78 is 18.4. The van der Waals surface area contributed by atoms with Gasteiger partial charge >= 0.3 is 0 Å². The summed E-state index contributed by atoms with van der Waals surface area (Å²) in [6.07, 6.45) is 2.69. The monoisotopic (exact) mass is 294 g/mol. The van der Waals surface area contributed by atoms with E-state index < -0.39 is 0 Å². The standard InChI is InChI=1S/C17H27FN2O/c1-14(12-20-8-4-5-9-20)11-19(2)13-15-6-7-16(18)17(10-15)21-3/h6-7,10,14H,4-5,8-9,11-13H2,1-3H3. The molecule has 1 unspecified atom stereocenters. The Balaban J connectivity index is 1.81. The van der Waals surface area contributed by atoms with Crippen molar-refractivity contribution >= 4 is 0 Å². The fourth-order valence-corrected chi connectivity index (χ4v) is 3.17. The van der Waals surface area contributed by atoms with Crippen LogP contribution >= 0.6 is 0 Å². The van der Waals surface area contributed by atoms with Crippen molar-refractivity contribution in [2.24, 2.45) is 5.92 Å². The predicted octanol–water partition coefficient (Wildman–Crippen LogP) is 3.00. The predicted molar refractivity (Wildman–Crippen MR) is 84.1 cm³/mol. The summed E-state index contributed by atoms with van der Waals surface area (Å²) in [4.78, 5) is 4.85. The molecular weight excluding hydrogens is 267 g/mol. The molecule has 4 heteroatoms. The van der Waals surface area contributed by atoms with Crippen molar-refractivity contribution < 1.29 is 9.13 Å². The van der Waals surface area contributed by atoms with Gasteiger partial charge in [-0.3, -0.25) is 0 Å². The van der Waals surface area contributed by atoms with Crippen LogP contribution in [0.1, 0.15) is 25.3 Å². The Morgan fingerprint density at radius 3 is 2.71 bits per heavy atom. The molecule has 118 valence electrons. The third kappa shape index (κ3) is 4.97. The second kappa shape index (κ2) is 7.76. The molecule has 0 aromatic heterocycles. The Kier molecular flexibility index (Phi) is 6.00. The van der Waals surface area contributed by atoms with Gasteiger partial charge < -0.3 is 14.5 Å². The third-order valence-corrected chi connectivity index (χ3v) is 4.06. The summed E-state index contributed by atoms with van der Waals surface area (Å²) in [6, 6.07) is 5.10. The molecule has 0 bridgehead atoms. The zero-order valence-electron chi connectivity index (χ0n) is 13.4. The Morgan fingerprint density at radius 2 is 2.05 bits per heavy atom. The fourth-order valence-electron chi connectivity index (χ4n) is 3.17. The van der Waals surface area contributed by atoms with Crippen molar-refractivity contribution in [3.05, 3.63) is 29.6 Å². The maximum Gasteiger partial charge on any atom is 0.165 e. The molecule has 0 radical (unpaired) electrons. The van der Waals surface area contributed by atoms with E-state index in [4.69, 9.17) is 4.74 Å². The minimum atomic E-state index is -0.300. The van der Waals surface area contributed by atoms with E-state index in [9.17, 15) is 4.39 Å². The number of hydrogen-bond donors (Lipinski definition) is 0. The van der Waals surface area contributed by atoms with Crippen molar-refractivity contribution in [2.45, 2.75) is 26.3 Å². The lowest BCUT2D eigenvalue weighted by Crippen LogP contribution is -2.32. The topological polar surface area (TPSA) is 15.7 Å². The van der Waals surface area contributed by atoms with Crippen molar-refractivity contribution in [2.75, 3.05) is 40.3 Å². The summed E-state index contributed by atoms with van der Waals surface area (Å²) >= 11 is 0. The molecule has 1 aliphatic rings. The average molecular weight is 294 g/mol. The minimum Gasteiger partial charge on any atom is -0.494 e. The zero-order chi connectivity index (χ0) is 15.2. The Labute approximate surface area is 127 Å².